The summed E-state index contributed by atoms with van der Waals surface area (Å²) >= 11 is 0. The molecule has 1 aromatic rings. The molecule has 2 heteroatoms. The minimum atomic E-state index is 1.22. The van der Waals surface area contributed by atoms with Gasteiger partial charge < -0.3 is 0 Å². The molecule has 1 heterocycles. The van der Waals surface area contributed by atoms with E-state index < -0.39 is 0 Å². The predicted molar refractivity (Wildman–Crippen MR) is 49.7 cm³/mol. The van der Waals surface area contributed by atoms with Gasteiger partial charge in [0.25, 0.3) is 0 Å². The van der Waals surface area contributed by atoms with E-state index in [0.29, 0.717) is 0 Å². The number of aromatic nitrogens is 2. The molecule has 0 N–H and O–H groups in total. The Balaban J connectivity index is 2.29. The average molecular weight is 162 g/mol. The summed E-state index contributed by atoms with van der Waals surface area (Å²) in [7, 11) is 2.00. The summed E-state index contributed by atoms with van der Waals surface area (Å²) < 4.78 is 1.96. The van der Waals surface area contributed by atoms with Crippen LogP contribution in [0, 0.1) is 0 Å². The van der Waals surface area contributed by atoms with Crippen molar-refractivity contribution in [1.29, 1.82) is 0 Å². The van der Waals surface area contributed by atoms with Crippen molar-refractivity contribution in [1.82, 2.24) is 9.78 Å². The smallest absolute Gasteiger partial charge is 0.0635 e. The van der Waals surface area contributed by atoms with Gasteiger partial charge in [-0.05, 0) is 37.3 Å². The zero-order valence-electron chi connectivity index (χ0n) is 7.45. The highest BCUT2D eigenvalue weighted by Crippen LogP contribution is 2.25. The van der Waals surface area contributed by atoms with Gasteiger partial charge in [-0.3, -0.25) is 4.68 Å². The molecule has 0 amide bonds. The Labute approximate surface area is 72.9 Å². The van der Waals surface area contributed by atoms with Crippen LogP contribution >= 0.6 is 0 Å². The standard InChI is InChI=1S/C10H14N2/c1-12-10(7-8-11-12)9-5-3-2-4-6-9/h5,7-8H,2-4,6H2,1H3. The van der Waals surface area contributed by atoms with Gasteiger partial charge in [0.2, 0.25) is 0 Å². The van der Waals surface area contributed by atoms with E-state index in [0.717, 1.165) is 0 Å². The SMILES string of the molecule is Cn1nccc1C1=CCCCC1. The normalized spacial score (nSPS) is 17.6. The van der Waals surface area contributed by atoms with Gasteiger partial charge in [-0.25, -0.2) is 0 Å². The Kier molecular flexibility index (Phi) is 1.98. The highest BCUT2D eigenvalue weighted by molar-refractivity contribution is 5.63. The zero-order valence-corrected chi connectivity index (χ0v) is 7.45. The van der Waals surface area contributed by atoms with Crippen LogP contribution in [0.3, 0.4) is 0 Å². The molecule has 0 fully saturated rings. The van der Waals surface area contributed by atoms with Crippen LogP contribution in [-0.2, 0) is 7.05 Å². The van der Waals surface area contributed by atoms with Crippen LogP contribution in [0.25, 0.3) is 5.57 Å². The van der Waals surface area contributed by atoms with Gasteiger partial charge in [0.15, 0.2) is 0 Å². The van der Waals surface area contributed by atoms with Crippen LogP contribution < -0.4 is 0 Å². The fraction of sp³-hybridized carbons (Fsp3) is 0.500. The van der Waals surface area contributed by atoms with E-state index >= 15 is 0 Å². The van der Waals surface area contributed by atoms with Crippen LogP contribution in [0.2, 0.25) is 0 Å². The van der Waals surface area contributed by atoms with Crippen LogP contribution in [0.5, 0.6) is 0 Å². The fourth-order valence-electron chi connectivity index (χ4n) is 1.76. The number of nitrogens with zero attached hydrogens (tertiary/aromatic N) is 2. The maximum absolute atomic E-state index is 4.17. The molecular formula is C10H14N2. The van der Waals surface area contributed by atoms with Crippen molar-refractivity contribution in [3.05, 3.63) is 24.0 Å². The van der Waals surface area contributed by atoms with Crippen molar-refractivity contribution < 1.29 is 0 Å². The molecule has 64 valence electrons. The average Bonchev–Trinajstić information content (AvgIpc) is 2.53. The van der Waals surface area contributed by atoms with Gasteiger partial charge in [0.1, 0.15) is 0 Å². The summed E-state index contributed by atoms with van der Waals surface area (Å²) in [6, 6.07) is 2.09. The molecule has 0 spiro atoms. The molecule has 12 heavy (non-hydrogen) atoms. The summed E-state index contributed by atoms with van der Waals surface area (Å²) in [5, 5.41) is 4.17. The summed E-state index contributed by atoms with van der Waals surface area (Å²) in [4.78, 5) is 0. The molecule has 0 aliphatic heterocycles. The lowest BCUT2D eigenvalue weighted by molar-refractivity contribution is 0.713. The van der Waals surface area contributed by atoms with Gasteiger partial charge in [-0.15, -0.1) is 0 Å². The highest BCUT2D eigenvalue weighted by atomic mass is 15.3. The van der Waals surface area contributed by atoms with Crippen LogP contribution in [0.15, 0.2) is 18.3 Å². The summed E-state index contributed by atoms with van der Waals surface area (Å²) in [6.45, 7) is 0. The highest BCUT2D eigenvalue weighted by Gasteiger charge is 2.08. The predicted octanol–water partition coefficient (Wildman–Crippen LogP) is 2.38. The lowest BCUT2D eigenvalue weighted by atomic mass is 9.97. The van der Waals surface area contributed by atoms with E-state index in [-0.39, 0.29) is 0 Å². The molecule has 0 atom stereocenters. The molecule has 2 nitrogen and oxygen atoms in total. The second kappa shape index (κ2) is 3.13. The Bertz CT molecular complexity index is 297. The molecule has 2 rings (SSSR count). The van der Waals surface area contributed by atoms with E-state index in [1.54, 1.807) is 0 Å². The number of rotatable bonds is 1. The third-order valence-electron chi connectivity index (χ3n) is 2.44. The van der Waals surface area contributed by atoms with E-state index in [1.807, 2.05) is 17.9 Å². The number of hydrogen-bond donors (Lipinski definition) is 0. The number of allylic oxidation sites excluding steroid dienone is 2. The van der Waals surface area contributed by atoms with Crippen LogP contribution in [-0.4, -0.2) is 9.78 Å². The van der Waals surface area contributed by atoms with Crippen molar-refractivity contribution in [2.45, 2.75) is 25.7 Å². The second-order valence-electron chi connectivity index (χ2n) is 3.32. The summed E-state index contributed by atoms with van der Waals surface area (Å²) in [5.74, 6) is 0. The zero-order chi connectivity index (χ0) is 8.39. The van der Waals surface area contributed by atoms with Crippen LogP contribution in [0.1, 0.15) is 31.4 Å². The maximum Gasteiger partial charge on any atom is 0.0635 e. The molecule has 1 aliphatic rings. The third-order valence-corrected chi connectivity index (χ3v) is 2.44. The number of hydrogen-bond acceptors (Lipinski definition) is 1. The van der Waals surface area contributed by atoms with Crippen molar-refractivity contribution in [2.24, 2.45) is 7.05 Å². The lowest BCUT2D eigenvalue weighted by Gasteiger charge is -2.12. The second-order valence-corrected chi connectivity index (χ2v) is 3.32. The molecule has 1 aromatic heterocycles. The molecule has 0 aromatic carbocycles. The fourth-order valence-corrected chi connectivity index (χ4v) is 1.76. The first-order chi connectivity index (χ1) is 5.88. The third kappa shape index (κ3) is 1.29. The molecule has 0 bridgehead atoms. The Hall–Kier alpha value is -1.05. The largest absolute Gasteiger partial charge is 0.268 e. The minimum Gasteiger partial charge on any atom is -0.268 e. The topological polar surface area (TPSA) is 17.8 Å². The van der Waals surface area contributed by atoms with E-state index in [2.05, 4.69) is 17.2 Å². The van der Waals surface area contributed by atoms with Gasteiger partial charge in [0.05, 0.1) is 5.69 Å². The first-order valence-corrected chi connectivity index (χ1v) is 4.55. The van der Waals surface area contributed by atoms with Gasteiger partial charge in [-0.1, -0.05) is 6.08 Å². The molecule has 0 radical (unpaired) electrons. The Morgan fingerprint density at radius 3 is 2.92 bits per heavy atom. The molecule has 0 saturated heterocycles. The van der Waals surface area contributed by atoms with Crippen LogP contribution in [0.4, 0.5) is 0 Å². The van der Waals surface area contributed by atoms with E-state index in [1.165, 1.54) is 37.0 Å². The first kappa shape index (κ1) is 7.59. The van der Waals surface area contributed by atoms with Crippen molar-refractivity contribution >= 4 is 5.57 Å². The van der Waals surface area contributed by atoms with Gasteiger partial charge in [-0.2, -0.15) is 5.10 Å². The number of aryl methyl sites for hydroxylation is 1. The minimum absolute atomic E-state index is 1.22. The van der Waals surface area contributed by atoms with Crippen molar-refractivity contribution in [3.63, 3.8) is 0 Å². The summed E-state index contributed by atoms with van der Waals surface area (Å²) in [5.41, 5.74) is 2.76. The van der Waals surface area contributed by atoms with Crippen molar-refractivity contribution in [3.8, 4) is 0 Å². The quantitative estimate of drug-likeness (QED) is 0.620. The van der Waals surface area contributed by atoms with Gasteiger partial charge in [0, 0.05) is 13.2 Å². The molecule has 1 aliphatic carbocycles. The molecule has 0 saturated carbocycles. The maximum atomic E-state index is 4.17. The molecule has 0 unspecified atom stereocenters. The lowest BCUT2D eigenvalue weighted by Crippen LogP contribution is -1.99. The molecular weight excluding hydrogens is 148 g/mol. The van der Waals surface area contributed by atoms with Crippen molar-refractivity contribution in [2.75, 3.05) is 0 Å². The Morgan fingerprint density at radius 1 is 1.42 bits per heavy atom. The first-order valence-electron chi connectivity index (χ1n) is 4.55. The van der Waals surface area contributed by atoms with E-state index in [9.17, 15) is 0 Å². The monoisotopic (exact) mass is 162 g/mol. The van der Waals surface area contributed by atoms with E-state index in [4.69, 9.17) is 0 Å². The van der Waals surface area contributed by atoms with Gasteiger partial charge >= 0.3 is 0 Å². The Morgan fingerprint density at radius 2 is 2.33 bits per heavy atom. The summed E-state index contributed by atoms with van der Waals surface area (Å²) in [6.07, 6.45) is 9.35.